The zero-order chi connectivity index (χ0) is 17.5. The van der Waals surface area contributed by atoms with E-state index in [2.05, 4.69) is 82.4 Å². The first kappa shape index (κ1) is 16.6. The SMILES string of the molecule is COc1cccc(C(C)(C)c2ccc3c(c2)NC(C)(C)C=C3C)c1. The van der Waals surface area contributed by atoms with Crippen molar-refractivity contribution >= 4 is 11.3 Å². The summed E-state index contributed by atoms with van der Waals surface area (Å²) in [6.45, 7) is 11.1. The van der Waals surface area contributed by atoms with E-state index in [1.54, 1.807) is 7.11 Å². The van der Waals surface area contributed by atoms with Crippen LogP contribution in [0.15, 0.2) is 48.5 Å². The van der Waals surface area contributed by atoms with Crippen LogP contribution in [0.3, 0.4) is 0 Å². The molecule has 0 atom stereocenters. The van der Waals surface area contributed by atoms with Gasteiger partial charge in [0.25, 0.3) is 0 Å². The van der Waals surface area contributed by atoms with Crippen LogP contribution in [0.4, 0.5) is 5.69 Å². The van der Waals surface area contributed by atoms with Crippen molar-refractivity contribution in [1.29, 1.82) is 0 Å². The molecule has 0 radical (unpaired) electrons. The van der Waals surface area contributed by atoms with Gasteiger partial charge in [0.05, 0.1) is 12.6 Å². The largest absolute Gasteiger partial charge is 0.497 e. The quantitative estimate of drug-likeness (QED) is 0.791. The van der Waals surface area contributed by atoms with E-state index in [4.69, 9.17) is 4.74 Å². The molecule has 0 aliphatic carbocycles. The summed E-state index contributed by atoms with van der Waals surface area (Å²) in [5, 5.41) is 3.65. The van der Waals surface area contributed by atoms with E-state index in [1.807, 2.05) is 6.07 Å². The van der Waals surface area contributed by atoms with E-state index in [0.29, 0.717) is 0 Å². The minimum atomic E-state index is -0.0928. The lowest BCUT2D eigenvalue weighted by Crippen LogP contribution is -2.32. The Balaban J connectivity index is 2.05. The van der Waals surface area contributed by atoms with Gasteiger partial charge in [-0.3, -0.25) is 0 Å². The lowest BCUT2D eigenvalue weighted by molar-refractivity contribution is 0.413. The van der Waals surface area contributed by atoms with Crippen LogP contribution in [0.1, 0.15) is 51.3 Å². The summed E-state index contributed by atoms with van der Waals surface area (Å²) in [7, 11) is 1.71. The molecule has 2 nitrogen and oxygen atoms in total. The molecule has 2 aromatic rings. The molecule has 24 heavy (non-hydrogen) atoms. The van der Waals surface area contributed by atoms with E-state index in [-0.39, 0.29) is 11.0 Å². The summed E-state index contributed by atoms with van der Waals surface area (Å²) in [6, 6.07) is 15.1. The number of nitrogens with one attached hydrogen (secondary N) is 1. The molecular weight excluding hydrogens is 294 g/mol. The summed E-state index contributed by atoms with van der Waals surface area (Å²) in [5.41, 5.74) is 6.28. The number of rotatable bonds is 3. The molecule has 0 amide bonds. The van der Waals surface area contributed by atoms with Gasteiger partial charge in [-0.15, -0.1) is 0 Å². The lowest BCUT2D eigenvalue weighted by atomic mass is 9.77. The Labute approximate surface area is 145 Å². The van der Waals surface area contributed by atoms with Crippen LogP contribution < -0.4 is 10.1 Å². The van der Waals surface area contributed by atoms with Gasteiger partial charge in [-0.25, -0.2) is 0 Å². The fourth-order valence-electron chi connectivity index (χ4n) is 3.56. The summed E-state index contributed by atoms with van der Waals surface area (Å²) in [4.78, 5) is 0. The fourth-order valence-corrected chi connectivity index (χ4v) is 3.56. The number of hydrogen-bond acceptors (Lipinski definition) is 2. The van der Waals surface area contributed by atoms with Crippen molar-refractivity contribution in [1.82, 2.24) is 0 Å². The van der Waals surface area contributed by atoms with Crippen LogP contribution in [-0.2, 0) is 5.41 Å². The summed E-state index contributed by atoms with van der Waals surface area (Å²) >= 11 is 0. The highest BCUT2D eigenvalue weighted by atomic mass is 16.5. The summed E-state index contributed by atoms with van der Waals surface area (Å²) in [6.07, 6.45) is 2.29. The second-order valence-corrected chi connectivity index (χ2v) is 7.79. The number of anilines is 1. The second-order valence-electron chi connectivity index (χ2n) is 7.79. The van der Waals surface area contributed by atoms with Crippen LogP contribution in [0.2, 0.25) is 0 Å². The third-order valence-electron chi connectivity index (χ3n) is 4.99. The molecule has 0 saturated carbocycles. The number of hydrogen-bond donors (Lipinski definition) is 1. The van der Waals surface area contributed by atoms with Gasteiger partial charge in [0, 0.05) is 16.7 Å². The third kappa shape index (κ3) is 2.93. The minimum absolute atomic E-state index is 0.0180. The summed E-state index contributed by atoms with van der Waals surface area (Å²) < 4.78 is 5.40. The average Bonchev–Trinajstić information content (AvgIpc) is 2.53. The Hall–Kier alpha value is -2.22. The maximum absolute atomic E-state index is 5.40. The van der Waals surface area contributed by atoms with E-state index in [0.717, 1.165) is 5.75 Å². The van der Waals surface area contributed by atoms with Crippen molar-refractivity contribution in [3.63, 3.8) is 0 Å². The highest BCUT2D eigenvalue weighted by Crippen LogP contribution is 2.39. The number of benzene rings is 2. The van der Waals surface area contributed by atoms with Crippen LogP contribution in [0.5, 0.6) is 5.75 Å². The molecule has 2 aromatic carbocycles. The Morgan fingerprint density at radius 3 is 2.42 bits per heavy atom. The van der Waals surface area contributed by atoms with Crippen LogP contribution in [0.25, 0.3) is 5.57 Å². The molecule has 0 unspecified atom stereocenters. The van der Waals surface area contributed by atoms with Crippen molar-refractivity contribution < 1.29 is 4.74 Å². The Morgan fingerprint density at radius 2 is 1.71 bits per heavy atom. The van der Waals surface area contributed by atoms with Gasteiger partial charge in [0.1, 0.15) is 5.75 Å². The van der Waals surface area contributed by atoms with Gasteiger partial charge in [-0.05, 0) is 55.7 Å². The molecule has 1 aliphatic heterocycles. The van der Waals surface area contributed by atoms with Crippen molar-refractivity contribution in [2.45, 2.75) is 45.6 Å². The van der Waals surface area contributed by atoms with E-state index < -0.39 is 0 Å². The number of ether oxygens (including phenoxy) is 1. The van der Waals surface area contributed by atoms with E-state index in [9.17, 15) is 0 Å². The Kier molecular flexibility index (Phi) is 3.95. The third-order valence-corrected chi connectivity index (χ3v) is 4.99. The van der Waals surface area contributed by atoms with Crippen molar-refractivity contribution in [3.05, 3.63) is 65.2 Å². The van der Waals surface area contributed by atoms with Gasteiger partial charge in [0.15, 0.2) is 0 Å². The van der Waals surface area contributed by atoms with Gasteiger partial charge in [0.2, 0.25) is 0 Å². The molecule has 0 spiro atoms. The highest BCUT2D eigenvalue weighted by molar-refractivity contribution is 5.80. The second kappa shape index (κ2) is 5.70. The molecule has 2 heteroatoms. The fraction of sp³-hybridized carbons (Fsp3) is 0.364. The maximum atomic E-state index is 5.40. The first-order valence-electron chi connectivity index (χ1n) is 8.50. The van der Waals surface area contributed by atoms with Crippen LogP contribution in [-0.4, -0.2) is 12.6 Å². The molecule has 0 aromatic heterocycles. The van der Waals surface area contributed by atoms with Gasteiger partial charge >= 0.3 is 0 Å². The summed E-state index contributed by atoms with van der Waals surface area (Å²) in [5.74, 6) is 0.900. The minimum Gasteiger partial charge on any atom is -0.497 e. The molecule has 1 heterocycles. The maximum Gasteiger partial charge on any atom is 0.119 e. The molecule has 1 N–H and O–H groups in total. The average molecular weight is 321 g/mol. The van der Waals surface area contributed by atoms with Crippen LogP contribution >= 0.6 is 0 Å². The number of methoxy groups -OCH3 is 1. The molecule has 1 aliphatic rings. The van der Waals surface area contributed by atoms with Crippen molar-refractivity contribution in [2.24, 2.45) is 0 Å². The number of fused-ring (bicyclic) bond motifs is 1. The standard InChI is InChI=1S/C22H27NO/c1-15-14-21(2,3)23-20-13-17(10-11-19(15)20)22(4,5)16-8-7-9-18(12-16)24-6/h7-14,23H,1-6H3. The van der Waals surface area contributed by atoms with E-state index >= 15 is 0 Å². The molecule has 126 valence electrons. The number of allylic oxidation sites excluding steroid dienone is 1. The topological polar surface area (TPSA) is 21.3 Å². The lowest BCUT2D eigenvalue weighted by Gasteiger charge is -2.34. The molecule has 0 saturated heterocycles. The predicted molar refractivity (Wildman–Crippen MR) is 103 cm³/mol. The molecule has 0 bridgehead atoms. The first-order chi connectivity index (χ1) is 11.2. The van der Waals surface area contributed by atoms with E-state index in [1.165, 1.54) is 28.0 Å². The van der Waals surface area contributed by atoms with Gasteiger partial charge < -0.3 is 10.1 Å². The zero-order valence-electron chi connectivity index (χ0n) is 15.5. The van der Waals surface area contributed by atoms with Crippen LogP contribution in [0, 0.1) is 0 Å². The van der Waals surface area contributed by atoms with Crippen molar-refractivity contribution in [2.75, 3.05) is 12.4 Å². The molecule has 0 fully saturated rings. The molecule has 3 rings (SSSR count). The smallest absolute Gasteiger partial charge is 0.119 e. The zero-order valence-corrected chi connectivity index (χ0v) is 15.5. The molecular formula is C22H27NO. The highest BCUT2D eigenvalue weighted by Gasteiger charge is 2.27. The van der Waals surface area contributed by atoms with Crippen molar-refractivity contribution in [3.8, 4) is 5.75 Å². The normalized spacial score (nSPS) is 16.0. The Bertz CT molecular complexity index is 799. The Morgan fingerprint density at radius 1 is 1.00 bits per heavy atom. The van der Waals surface area contributed by atoms with Gasteiger partial charge in [-0.1, -0.05) is 44.2 Å². The monoisotopic (exact) mass is 321 g/mol. The first-order valence-corrected chi connectivity index (χ1v) is 8.50. The van der Waals surface area contributed by atoms with Gasteiger partial charge in [-0.2, -0.15) is 0 Å². The predicted octanol–water partition coefficient (Wildman–Crippen LogP) is 5.63.